The molecule has 0 saturated carbocycles. The number of unbranched alkanes of at least 4 members (excludes halogenated alkanes) is 21. The van der Waals surface area contributed by atoms with Crippen molar-refractivity contribution in [2.45, 2.75) is 180 Å². The zero-order valence-corrected chi connectivity index (χ0v) is 32.1. The molecule has 2 atom stereocenters. The van der Waals surface area contributed by atoms with Crippen molar-refractivity contribution in [3.63, 3.8) is 0 Å². The van der Waals surface area contributed by atoms with Crippen LogP contribution in [-0.2, 0) is 32.7 Å². The van der Waals surface area contributed by atoms with E-state index in [2.05, 4.69) is 13.8 Å². The number of carbonyl (C=O) groups excluding carboxylic acids is 2. The fourth-order valence-corrected chi connectivity index (χ4v) is 6.03. The lowest BCUT2D eigenvalue weighted by atomic mass is 10.0. The highest BCUT2D eigenvalue weighted by Gasteiger charge is 2.21. The van der Waals surface area contributed by atoms with Gasteiger partial charge in [0.2, 0.25) is 0 Å². The fraction of sp³-hybridized carbons (Fsp3) is 0.946. The Balaban J connectivity index is 4.32. The van der Waals surface area contributed by atoms with E-state index in [1.165, 1.54) is 109 Å². The van der Waals surface area contributed by atoms with Crippen LogP contribution in [0.4, 0.5) is 0 Å². The van der Waals surface area contributed by atoms with Crippen molar-refractivity contribution in [2.75, 3.05) is 47.5 Å². The number of hydrogen-bond acceptors (Lipinski definition) is 8. The van der Waals surface area contributed by atoms with E-state index in [4.69, 9.17) is 18.5 Å². The summed E-state index contributed by atoms with van der Waals surface area (Å²) in [6.45, 7) is 4.18. The predicted molar refractivity (Wildman–Crippen MR) is 190 cm³/mol. The molecule has 0 aromatic carbocycles. The van der Waals surface area contributed by atoms with E-state index in [-0.39, 0.29) is 32.0 Å². The summed E-state index contributed by atoms with van der Waals surface area (Å²) in [5.74, 6) is -0.833. The first-order valence-electron chi connectivity index (χ1n) is 19.2. The van der Waals surface area contributed by atoms with E-state index >= 15 is 0 Å². The van der Waals surface area contributed by atoms with Gasteiger partial charge in [-0.1, -0.05) is 149 Å². The Morgan fingerprint density at radius 1 is 0.574 bits per heavy atom. The van der Waals surface area contributed by atoms with Gasteiger partial charge >= 0.3 is 11.9 Å². The van der Waals surface area contributed by atoms with Crippen LogP contribution in [0.5, 0.6) is 0 Å². The van der Waals surface area contributed by atoms with Gasteiger partial charge in [-0.2, -0.15) is 0 Å². The Kier molecular flexibility index (Phi) is 30.4. The fourth-order valence-electron chi connectivity index (χ4n) is 5.30. The maximum atomic E-state index is 12.6. The highest BCUT2D eigenvalue weighted by Crippen LogP contribution is 2.38. The lowest BCUT2D eigenvalue weighted by Gasteiger charge is -2.28. The Bertz CT molecular complexity index is 789. The lowest BCUT2D eigenvalue weighted by molar-refractivity contribution is -0.870. The highest BCUT2D eigenvalue weighted by atomic mass is 31.2. The van der Waals surface area contributed by atoms with Crippen molar-refractivity contribution in [3.05, 3.63) is 0 Å². The van der Waals surface area contributed by atoms with Crippen LogP contribution in [0.2, 0.25) is 0 Å². The summed E-state index contributed by atoms with van der Waals surface area (Å²) >= 11 is 0. The van der Waals surface area contributed by atoms with Gasteiger partial charge in [0.25, 0.3) is 7.82 Å². The molecular formula is C37H74NO8P. The van der Waals surface area contributed by atoms with Gasteiger partial charge in [0, 0.05) is 12.8 Å². The van der Waals surface area contributed by atoms with Crippen LogP contribution in [-0.4, -0.2) is 70.0 Å². The molecule has 0 N–H and O–H groups in total. The number of phosphoric ester groups is 1. The standard InChI is InChI=1S/C37H74NO8P/c1-6-8-10-12-14-15-16-17-18-19-20-21-22-24-26-28-30-37(40)46-35(34-45-47(41,42)44-32-31-38(3,4)5)33-43-36(39)29-27-25-23-13-11-9-7-2/h35H,6-34H2,1-5H3. The molecule has 0 heterocycles. The minimum Gasteiger partial charge on any atom is -0.756 e. The first-order chi connectivity index (χ1) is 22.5. The van der Waals surface area contributed by atoms with Crippen LogP contribution in [0.25, 0.3) is 0 Å². The normalized spacial score (nSPS) is 13.7. The molecule has 47 heavy (non-hydrogen) atoms. The van der Waals surface area contributed by atoms with Crippen molar-refractivity contribution < 1.29 is 42.1 Å². The molecule has 0 aliphatic carbocycles. The summed E-state index contributed by atoms with van der Waals surface area (Å²) in [6.07, 6.45) is 27.1. The molecule has 0 saturated heterocycles. The molecule has 2 unspecified atom stereocenters. The summed E-state index contributed by atoms with van der Waals surface area (Å²) in [6, 6.07) is 0. The van der Waals surface area contributed by atoms with Crippen molar-refractivity contribution in [1.82, 2.24) is 0 Å². The average Bonchev–Trinajstić information content (AvgIpc) is 3.01. The van der Waals surface area contributed by atoms with Crippen LogP contribution in [0.1, 0.15) is 174 Å². The zero-order chi connectivity index (χ0) is 35.1. The summed E-state index contributed by atoms with van der Waals surface area (Å²) < 4.78 is 33.6. The molecule has 0 radical (unpaired) electrons. The van der Waals surface area contributed by atoms with Crippen LogP contribution < -0.4 is 4.89 Å². The minimum absolute atomic E-state index is 0.0264. The molecule has 0 rings (SSSR count). The number of hydrogen-bond donors (Lipinski definition) is 0. The Labute approximate surface area is 289 Å². The van der Waals surface area contributed by atoms with E-state index in [9.17, 15) is 19.0 Å². The van der Waals surface area contributed by atoms with Crippen LogP contribution >= 0.6 is 7.82 Å². The Hall–Kier alpha value is -0.990. The van der Waals surface area contributed by atoms with Crippen molar-refractivity contribution in [3.8, 4) is 0 Å². The zero-order valence-electron chi connectivity index (χ0n) is 31.2. The molecule has 0 aromatic heterocycles. The molecule has 10 heteroatoms. The van der Waals surface area contributed by atoms with Gasteiger partial charge in [-0.25, -0.2) is 0 Å². The second-order valence-corrected chi connectivity index (χ2v) is 15.7. The van der Waals surface area contributed by atoms with Gasteiger partial charge in [-0.05, 0) is 12.8 Å². The lowest BCUT2D eigenvalue weighted by Crippen LogP contribution is -2.37. The largest absolute Gasteiger partial charge is 0.756 e. The summed E-state index contributed by atoms with van der Waals surface area (Å²) in [5.41, 5.74) is 0. The van der Waals surface area contributed by atoms with E-state index in [0.29, 0.717) is 17.4 Å². The molecule has 0 spiro atoms. The van der Waals surface area contributed by atoms with Gasteiger partial charge < -0.3 is 27.9 Å². The van der Waals surface area contributed by atoms with E-state index in [1.54, 1.807) is 0 Å². The summed E-state index contributed by atoms with van der Waals surface area (Å²) in [7, 11) is 1.18. The SMILES string of the molecule is CCCCCCCCCCCCCCCCCCC(=O)OC(COC(=O)CCCCCCCCC)COP(=O)([O-])OCC[N+](C)(C)C. The van der Waals surface area contributed by atoms with Crippen LogP contribution in [0.3, 0.4) is 0 Å². The molecular weight excluding hydrogens is 617 g/mol. The number of carbonyl (C=O) groups is 2. The highest BCUT2D eigenvalue weighted by molar-refractivity contribution is 7.45. The smallest absolute Gasteiger partial charge is 0.306 e. The molecule has 0 aliphatic rings. The number of likely N-dealkylation sites (N-methyl/N-ethyl adjacent to an activating group) is 1. The van der Waals surface area contributed by atoms with Crippen LogP contribution in [0, 0.1) is 0 Å². The first-order valence-corrected chi connectivity index (χ1v) is 20.7. The molecule has 0 aromatic rings. The molecule has 9 nitrogen and oxygen atoms in total. The number of esters is 2. The van der Waals surface area contributed by atoms with Crippen molar-refractivity contribution in [2.24, 2.45) is 0 Å². The molecule has 0 fully saturated rings. The van der Waals surface area contributed by atoms with Gasteiger partial charge in [0.05, 0.1) is 27.7 Å². The Morgan fingerprint density at radius 2 is 0.957 bits per heavy atom. The third-order valence-corrected chi connectivity index (χ3v) is 9.34. The minimum atomic E-state index is -4.60. The third-order valence-electron chi connectivity index (χ3n) is 8.38. The maximum Gasteiger partial charge on any atom is 0.306 e. The second-order valence-electron chi connectivity index (χ2n) is 14.3. The molecule has 0 bridgehead atoms. The van der Waals surface area contributed by atoms with Crippen molar-refractivity contribution >= 4 is 19.8 Å². The maximum absolute atomic E-state index is 12.6. The molecule has 0 amide bonds. The van der Waals surface area contributed by atoms with Gasteiger partial charge in [-0.3, -0.25) is 14.2 Å². The quantitative estimate of drug-likeness (QED) is 0.0280. The molecule has 280 valence electrons. The Morgan fingerprint density at radius 3 is 1.36 bits per heavy atom. The summed E-state index contributed by atoms with van der Waals surface area (Å²) in [5, 5.41) is 0. The summed E-state index contributed by atoms with van der Waals surface area (Å²) in [4.78, 5) is 37.1. The topological polar surface area (TPSA) is 111 Å². The van der Waals surface area contributed by atoms with Gasteiger partial charge in [0.1, 0.15) is 19.8 Å². The monoisotopic (exact) mass is 692 g/mol. The van der Waals surface area contributed by atoms with E-state index < -0.39 is 26.5 Å². The number of nitrogens with zero attached hydrogens (tertiary/aromatic N) is 1. The molecule has 0 aliphatic heterocycles. The van der Waals surface area contributed by atoms with E-state index in [0.717, 1.165) is 32.1 Å². The number of quaternary nitrogens is 1. The number of rotatable bonds is 35. The third kappa shape index (κ3) is 34.7. The predicted octanol–water partition coefficient (Wildman–Crippen LogP) is 9.44. The van der Waals surface area contributed by atoms with Gasteiger partial charge in [0.15, 0.2) is 6.10 Å². The second kappa shape index (κ2) is 31.0. The van der Waals surface area contributed by atoms with Crippen LogP contribution in [0.15, 0.2) is 0 Å². The average molecular weight is 692 g/mol. The first kappa shape index (κ1) is 46.0. The number of ether oxygens (including phenoxy) is 2. The van der Waals surface area contributed by atoms with Crippen molar-refractivity contribution in [1.29, 1.82) is 0 Å². The van der Waals surface area contributed by atoms with Gasteiger partial charge in [-0.15, -0.1) is 0 Å². The van der Waals surface area contributed by atoms with E-state index in [1.807, 2.05) is 21.1 Å². The number of phosphoric acid groups is 1.